The molecule has 0 fully saturated rings. The van der Waals surface area contributed by atoms with E-state index in [0.29, 0.717) is 6.42 Å². The molecular formula is C21H28O2. The van der Waals surface area contributed by atoms with Crippen molar-refractivity contribution in [3.8, 4) is 11.5 Å². The van der Waals surface area contributed by atoms with Crippen LogP contribution in [0.2, 0.25) is 0 Å². The first kappa shape index (κ1) is 17.4. The molecule has 0 saturated carbocycles. The molecule has 0 aliphatic carbocycles. The van der Waals surface area contributed by atoms with Crippen molar-refractivity contribution in [2.45, 2.75) is 58.8 Å². The Morgan fingerprint density at radius 2 is 1.30 bits per heavy atom. The van der Waals surface area contributed by atoms with Crippen LogP contribution in [0, 0.1) is 0 Å². The van der Waals surface area contributed by atoms with E-state index in [9.17, 15) is 10.2 Å². The van der Waals surface area contributed by atoms with Crippen LogP contribution in [0.3, 0.4) is 0 Å². The van der Waals surface area contributed by atoms with E-state index in [1.165, 1.54) is 22.8 Å². The second-order valence-electron chi connectivity index (χ2n) is 8.32. The smallest absolute Gasteiger partial charge is 0.119 e. The molecular weight excluding hydrogens is 284 g/mol. The van der Waals surface area contributed by atoms with Crippen LogP contribution < -0.4 is 0 Å². The van der Waals surface area contributed by atoms with Gasteiger partial charge in [0.15, 0.2) is 0 Å². The van der Waals surface area contributed by atoms with Gasteiger partial charge in [0.05, 0.1) is 0 Å². The molecule has 2 aromatic carbocycles. The second kappa shape index (κ2) is 5.92. The molecule has 2 aromatic rings. The highest BCUT2D eigenvalue weighted by atomic mass is 16.3. The Morgan fingerprint density at radius 3 is 1.78 bits per heavy atom. The third kappa shape index (κ3) is 3.87. The Morgan fingerprint density at radius 1 is 0.783 bits per heavy atom. The molecule has 0 aromatic heterocycles. The van der Waals surface area contributed by atoms with Gasteiger partial charge in [-0.1, -0.05) is 59.7 Å². The van der Waals surface area contributed by atoms with E-state index in [-0.39, 0.29) is 22.3 Å². The minimum Gasteiger partial charge on any atom is -0.508 e. The lowest BCUT2D eigenvalue weighted by atomic mass is 9.75. The lowest BCUT2D eigenvalue weighted by Crippen LogP contribution is -2.21. The van der Waals surface area contributed by atoms with Gasteiger partial charge in [-0.2, -0.15) is 0 Å². The molecule has 0 heterocycles. The van der Waals surface area contributed by atoms with Gasteiger partial charge in [-0.15, -0.1) is 0 Å². The normalized spacial score (nSPS) is 12.4. The van der Waals surface area contributed by atoms with Gasteiger partial charge in [-0.25, -0.2) is 0 Å². The molecule has 124 valence electrons. The molecule has 2 nitrogen and oxygen atoms in total. The molecule has 23 heavy (non-hydrogen) atoms. The summed E-state index contributed by atoms with van der Waals surface area (Å²) in [5, 5.41) is 19.9. The number of hydrogen-bond donors (Lipinski definition) is 2. The van der Waals surface area contributed by atoms with Gasteiger partial charge in [0.25, 0.3) is 0 Å². The first-order chi connectivity index (χ1) is 10.5. The molecule has 2 N–H and O–H groups in total. The highest BCUT2D eigenvalue weighted by Crippen LogP contribution is 2.36. The molecule has 0 saturated heterocycles. The van der Waals surface area contributed by atoms with Gasteiger partial charge in [-0.05, 0) is 45.7 Å². The SMILES string of the molecule is CC(C)(C)c1cccc(C(C)(C)C)c1Cc1cc(O)ccc1O. The number of phenols is 2. The quantitative estimate of drug-likeness (QED) is 0.740. The monoisotopic (exact) mass is 312 g/mol. The predicted octanol–water partition coefficient (Wildman–Crippen LogP) is 5.28. The van der Waals surface area contributed by atoms with E-state index >= 15 is 0 Å². The van der Waals surface area contributed by atoms with Crippen molar-refractivity contribution >= 4 is 0 Å². The van der Waals surface area contributed by atoms with E-state index < -0.39 is 0 Å². The van der Waals surface area contributed by atoms with Crippen molar-refractivity contribution in [1.29, 1.82) is 0 Å². The fourth-order valence-corrected chi connectivity index (χ4v) is 3.09. The fourth-order valence-electron chi connectivity index (χ4n) is 3.09. The Kier molecular flexibility index (Phi) is 4.48. The first-order valence-electron chi connectivity index (χ1n) is 8.14. The largest absolute Gasteiger partial charge is 0.508 e. The van der Waals surface area contributed by atoms with Crippen molar-refractivity contribution in [2.75, 3.05) is 0 Å². The molecule has 2 rings (SSSR count). The number of benzene rings is 2. The standard InChI is InChI=1S/C21H28O2/c1-20(2,3)17-8-7-9-18(21(4,5)6)16(17)13-14-12-15(22)10-11-19(14)23/h7-12,22-23H,13H2,1-6H3. The van der Waals surface area contributed by atoms with Crippen LogP contribution in [0.4, 0.5) is 0 Å². The van der Waals surface area contributed by atoms with Gasteiger partial charge in [0.1, 0.15) is 11.5 Å². The van der Waals surface area contributed by atoms with E-state index in [0.717, 1.165) is 5.56 Å². The summed E-state index contributed by atoms with van der Waals surface area (Å²) in [6.45, 7) is 13.3. The van der Waals surface area contributed by atoms with E-state index in [1.54, 1.807) is 12.1 Å². The summed E-state index contributed by atoms with van der Waals surface area (Å²) in [4.78, 5) is 0. The molecule has 0 aliphatic heterocycles. The van der Waals surface area contributed by atoms with Crippen LogP contribution in [0.1, 0.15) is 63.8 Å². The van der Waals surface area contributed by atoms with Crippen molar-refractivity contribution in [3.05, 3.63) is 58.7 Å². The predicted molar refractivity (Wildman–Crippen MR) is 96.4 cm³/mol. The molecule has 2 heteroatoms. The van der Waals surface area contributed by atoms with Crippen molar-refractivity contribution in [2.24, 2.45) is 0 Å². The number of hydrogen-bond acceptors (Lipinski definition) is 2. The van der Waals surface area contributed by atoms with Gasteiger partial charge >= 0.3 is 0 Å². The van der Waals surface area contributed by atoms with Gasteiger partial charge in [-0.3, -0.25) is 0 Å². The summed E-state index contributed by atoms with van der Waals surface area (Å²) < 4.78 is 0. The van der Waals surface area contributed by atoms with Crippen LogP contribution in [0.25, 0.3) is 0 Å². The molecule has 0 spiro atoms. The van der Waals surface area contributed by atoms with Crippen molar-refractivity contribution < 1.29 is 10.2 Å². The molecule has 0 radical (unpaired) electrons. The Labute approximate surface area is 139 Å². The van der Waals surface area contributed by atoms with Gasteiger partial charge in [0, 0.05) is 12.0 Å². The van der Waals surface area contributed by atoms with Gasteiger partial charge in [0.2, 0.25) is 0 Å². The van der Waals surface area contributed by atoms with E-state index in [1.807, 2.05) is 0 Å². The second-order valence-corrected chi connectivity index (χ2v) is 8.32. The number of phenolic OH excluding ortho intramolecular Hbond substituents is 2. The minimum atomic E-state index is 0.0169. The summed E-state index contributed by atoms with van der Waals surface area (Å²) in [5.41, 5.74) is 4.60. The maximum Gasteiger partial charge on any atom is 0.119 e. The number of rotatable bonds is 2. The highest BCUT2D eigenvalue weighted by Gasteiger charge is 2.25. The topological polar surface area (TPSA) is 40.5 Å². The average Bonchev–Trinajstić information content (AvgIpc) is 2.40. The summed E-state index contributed by atoms with van der Waals surface area (Å²) in [5.74, 6) is 0.412. The molecule has 0 bridgehead atoms. The van der Waals surface area contributed by atoms with Crippen LogP contribution in [0.5, 0.6) is 11.5 Å². The van der Waals surface area contributed by atoms with Crippen molar-refractivity contribution in [1.82, 2.24) is 0 Å². The lowest BCUT2D eigenvalue weighted by molar-refractivity contribution is 0.454. The summed E-state index contributed by atoms with van der Waals surface area (Å²) in [7, 11) is 0. The Bertz CT molecular complexity index is 669. The summed E-state index contributed by atoms with van der Waals surface area (Å²) in [6.07, 6.45) is 0.611. The zero-order valence-corrected chi connectivity index (χ0v) is 15.1. The van der Waals surface area contributed by atoms with Crippen molar-refractivity contribution in [3.63, 3.8) is 0 Å². The van der Waals surface area contributed by atoms with E-state index in [4.69, 9.17) is 0 Å². The summed E-state index contributed by atoms with van der Waals surface area (Å²) >= 11 is 0. The number of aromatic hydroxyl groups is 2. The zero-order chi connectivity index (χ0) is 17.4. The Balaban J connectivity index is 2.65. The molecule has 0 atom stereocenters. The van der Waals surface area contributed by atoms with E-state index in [2.05, 4.69) is 59.7 Å². The zero-order valence-electron chi connectivity index (χ0n) is 15.1. The van der Waals surface area contributed by atoms with Crippen LogP contribution in [-0.2, 0) is 17.3 Å². The van der Waals surface area contributed by atoms with Gasteiger partial charge < -0.3 is 10.2 Å². The van der Waals surface area contributed by atoms with Crippen LogP contribution >= 0.6 is 0 Å². The fraction of sp³-hybridized carbons (Fsp3) is 0.429. The average molecular weight is 312 g/mol. The maximum absolute atomic E-state index is 10.2. The Hall–Kier alpha value is -1.96. The van der Waals surface area contributed by atoms with Crippen LogP contribution in [-0.4, -0.2) is 10.2 Å². The van der Waals surface area contributed by atoms with Crippen LogP contribution in [0.15, 0.2) is 36.4 Å². The highest BCUT2D eigenvalue weighted by molar-refractivity contribution is 5.48. The maximum atomic E-state index is 10.2. The molecule has 0 unspecified atom stereocenters. The molecule has 0 aliphatic rings. The first-order valence-corrected chi connectivity index (χ1v) is 8.14. The minimum absolute atomic E-state index is 0.0169. The third-order valence-electron chi connectivity index (χ3n) is 4.22. The lowest BCUT2D eigenvalue weighted by Gasteiger charge is -2.30. The summed E-state index contributed by atoms with van der Waals surface area (Å²) in [6, 6.07) is 11.2. The third-order valence-corrected chi connectivity index (χ3v) is 4.22. The molecule has 0 amide bonds.